The molecule has 0 saturated carbocycles. The number of halogens is 1. The third-order valence-corrected chi connectivity index (χ3v) is 2.78. The lowest BCUT2D eigenvalue weighted by Gasteiger charge is -2.25. The highest BCUT2D eigenvalue weighted by Gasteiger charge is 2.23. The van der Waals surface area contributed by atoms with Crippen LogP contribution in [0.25, 0.3) is 5.65 Å². The van der Waals surface area contributed by atoms with Gasteiger partial charge in [0.25, 0.3) is 0 Å². The van der Waals surface area contributed by atoms with Gasteiger partial charge < -0.3 is 5.32 Å². The molecule has 3 rings (SSSR count). The lowest BCUT2D eigenvalue weighted by Crippen LogP contribution is -2.40. The van der Waals surface area contributed by atoms with Gasteiger partial charge in [-0.1, -0.05) is 11.6 Å². The van der Waals surface area contributed by atoms with E-state index in [0.29, 0.717) is 10.9 Å². The summed E-state index contributed by atoms with van der Waals surface area (Å²) in [7, 11) is 0. The Morgan fingerprint density at radius 3 is 3.00 bits per heavy atom. The summed E-state index contributed by atoms with van der Waals surface area (Å²) in [4.78, 5) is 0. The Kier molecular flexibility index (Phi) is 1.72. The summed E-state index contributed by atoms with van der Waals surface area (Å²) in [6.07, 6.45) is 1.92. The maximum atomic E-state index is 5.86. The zero-order chi connectivity index (χ0) is 9.54. The molecule has 1 aliphatic heterocycles. The van der Waals surface area contributed by atoms with Gasteiger partial charge in [-0.2, -0.15) is 0 Å². The van der Waals surface area contributed by atoms with Crippen LogP contribution in [0.15, 0.2) is 18.3 Å². The van der Waals surface area contributed by atoms with E-state index in [9.17, 15) is 0 Å². The Balaban J connectivity index is 2.16. The lowest BCUT2D eigenvalue weighted by molar-refractivity contribution is 0.427. The van der Waals surface area contributed by atoms with Crippen molar-refractivity contribution in [2.75, 3.05) is 13.1 Å². The zero-order valence-corrected chi connectivity index (χ0v) is 8.20. The number of hydrogen-bond donors (Lipinski definition) is 1. The molecule has 1 saturated heterocycles. The second kappa shape index (κ2) is 2.93. The lowest BCUT2D eigenvalue weighted by atomic mass is 10.0. The molecule has 0 bridgehead atoms. The minimum absolute atomic E-state index is 0.492. The number of hydrogen-bond acceptors (Lipinski definition) is 3. The molecule has 2 aromatic rings. The smallest absolute Gasteiger partial charge is 0.162 e. The number of aromatic nitrogens is 3. The molecule has 4 nitrogen and oxygen atoms in total. The molecule has 0 atom stereocenters. The van der Waals surface area contributed by atoms with E-state index in [-0.39, 0.29) is 0 Å². The first kappa shape index (κ1) is 8.20. The molecule has 3 heterocycles. The number of pyridine rings is 1. The van der Waals surface area contributed by atoms with Crippen molar-refractivity contribution in [3.05, 3.63) is 29.2 Å². The molecule has 2 aromatic heterocycles. The average Bonchev–Trinajstić information content (AvgIpc) is 2.45. The summed E-state index contributed by atoms with van der Waals surface area (Å²) in [5.74, 6) is 1.52. The molecule has 72 valence electrons. The van der Waals surface area contributed by atoms with Crippen molar-refractivity contribution in [1.82, 2.24) is 19.9 Å². The standard InChI is InChI=1S/C9H9ClN4/c10-7-1-2-14-8(3-7)12-13-9(14)6-4-11-5-6/h1-3,6,11H,4-5H2. The summed E-state index contributed by atoms with van der Waals surface area (Å²) in [6, 6.07) is 3.68. The Labute approximate surface area is 85.9 Å². The van der Waals surface area contributed by atoms with Gasteiger partial charge >= 0.3 is 0 Å². The minimum atomic E-state index is 0.492. The summed E-state index contributed by atoms with van der Waals surface area (Å²) in [5, 5.41) is 12.2. The normalized spacial score (nSPS) is 17.2. The van der Waals surface area contributed by atoms with E-state index in [1.807, 2.05) is 22.7 Å². The maximum Gasteiger partial charge on any atom is 0.162 e. The largest absolute Gasteiger partial charge is 0.315 e. The van der Waals surface area contributed by atoms with Gasteiger partial charge in [0.05, 0.1) is 0 Å². The molecule has 1 N–H and O–H groups in total. The van der Waals surface area contributed by atoms with Crippen molar-refractivity contribution in [2.45, 2.75) is 5.92 Å². The molecule has 0 spiro atoms. The molecular weight excluding hydrogens is 200 g/mol. The highest BCUT2D eigenvalue weighted by Crippen LogP contribution is 2.20. The second-order valence-corrected chi connectivity index (χ2v) is 3.92. The van der Waals surface area contributed by atoms with Crippen LogP contribution >= 0.6 is 11.6 Å². The fraction of sp³-hybridized carbons (Fsp3) is 0.333. The first-order chi connectivity index (χ1) is 6.84. The molecule has 1 fully saturated rings. The quantitative estimate of drug-likeness (QED) is 0.763. The molecule has 1 aliphatic rings. The Morgan fingerprint density at radius 2 is 2.29 bits per heavy atom. The van der Waals surface area contributed by atoms with E-state index in [1.165, 1.54) is 0 Å². The Hall–Kier alpha value is -1.13. The van der Waals surface area contributed by atoms with Crippen LogP contribution in [0, 0.1) is 0 Å². The molecule has 5 heteroatoms. The van der Waals surface area contributed by atoms with Crippen LogP contribution in [0.5, 0.6) is 0 Å². The van der Waals surface area contributed by atoms with E-state index in [0.717, 1.165) is 24.6 Å². The van der Waals surface area contributed by atoms with E-state index < -0.39 is 0 Å². The number of fused-ring (bicyclic) bond motifs is 1. The van der Waals surface area contributed by atoms with Gasteiger partial charge in [-0.15, -0.1) is 10.2 Å². The van der Waals surface area contributed by atoms with Gasteiger partial charge in [-0.3, -0.25) is 4.40 Å². The maximum absolute atomic E-state index is 5.86. The fourth-order valence-corrected chi connectivity index (χ4v) is 1.79. The molecule has 14 heavy (non-hydrogen) atoms. The number of rotatable bonds is 1. The van der Waals surface area contributed by atoms with Crippen molar-refractivity contribution < 1.29 is 0 Å². The average molecular weight is 209 g/mol. The molecular formula is C9H9ClN4. The molecule has 0 aromatic carbocycles. The highest BCUT2D eigenvalue weighted by molar-refractivity contribution is 6.30. The van der Waals surface area contributed by atoms with Crippen LogP contribution in [-0.4, -0.2) is 27.7 Å². The minimum Gasteiger partial charge on any atom is -0.315 e. The third-order valence-electron chi connectivity index (χ3n) is 2.54. The Morgan fingerprint density at radius 1 is 1.43 bits per heavy atom. The van der Waals surface area contributed by atoms with Crippen molar-refractivity contribution in [1.29, 1.82) is 0 Å². The van der Waals surface area contributed by atoms with Crippen LogP contribution in [0.4, 0.5) is 0 Å². The van der Waals surface area contributed by atoms with Crippen molar-refractivity contribution in [3.63, 3.8) is 0 Å². The van der Waals surface area contributed by atoms with Gasteiger partial charge in [0, 0.05) is 36.3 Å². The van der Waals surface area contributed by atoms with Gasteiger partial charge in [0.15, 0.2) is 5.65 Å². The Bertz CT molecular complexity index is 475. The molecule has 0 radical (unpaired) electrons. The molecule has 0 unspecified atom stereocenters. The monoisotopic (exact) mass is 208 g/mol. The number of nitrogens with zero attached hydrogens (tertiary/aromatic N) is 3. The van der Waals surface area contributed by atoms with E-state index in [2.05, 4.69) is 15.5 Å². The first-order valence-electron chi connectivity index (χ1n) is 4.55. The summed E-state index contributed by atoms with van der Waals surface area (Å²) < 4.78 is 2.00. The fourth-order valence-electron chi connectivity index (χ4n) is 1.63. The van der Waals surface area contributed by atoms with E-state index in [1.54, 1.807) is 0 Å². The predicted molar refractivity (Wildman–Crippen MR) is 53.6 cm³/mol. The highest BCUT2D eigenvalue weighted by atomic mass is 35.5. The van der Waals surface area contributed by atoms with Gasteiger partial charge in [0.2, 0.25) is 0 Å². The molecule has 0 amide bonds. The van der Waals surface area contributed by atoms with Crippen molar-refractivity contribution in [2.24, 2.45) is 0 Å². The summed E-state index contributed by atoms with van der Waals surface area (Å²) in [6.45, 7) is 1.98. The second-order valence-electron chi connectivity index (χ2n) is 3.49. The van der Waals surface area contributed by atoms with E-state index in [4.69, 9.17) is 11.6 Å². The van der Waals surface area contributed by atoms with Crippen LogP contribution in [0.2, 0.25) is 5.02 Å². The third kappa shape index (κ3) is 1.11. The van der Waals surface area contributed by atoms with Gasteiger partial charge in [-0.05, 0) is 6.07 Å². The molecule has 0 aliphatic carbocycles. The van der Waals surface area contributed by atoms with Crippen LogP contribution in [0.1, 0.15) is 11.7 Å². The summed E-state index contributed by atoms with van der Waals surface area (Å²) in [5.41, 5.74) is 0.819. The predicted octanol–water partition coefficient (Wildman–Crippen LogP) is 1.07. The van der Waals surface area contributed by atoms with Crippen molar-refractivity contribution in [3.8, 4) is 0 Å². The SMILES string of the molecule is Clc1ccn2c(C3CNC3)nnc2c1. The topological polar surface area (TPSA) is 42.2 Å². The van der Waals surface area contributed by atoms with Crippen molar-refractivity contribution >= 4 is 17.2 Å². The van der Waals surface area contributed by atoms with Gasteiger partial charge in [0.1, 0.15) is 5.82 Å². The van der Waals surface area contributed by atoms with Gasteiger partial charge in [-0.25, -0.2) is 0 Å². The zero-order valence-electron chi connectivity index (χ0n) is 7.44. The summed E-state index contributed by atoms with van der Waals surface area (Å²) >= 11 is 5.86. The number of nitrogens with one attached hydrogen (secondary N) is 1. The van der Waals surface area contributed by atoms with E-state index >= 15 is 0 Å². The van der Waals surface area contributed by atoms with Crippen LogP contribution < -0.4 is 5.32 Å². The van der Waals surface area contributed by atoms with Crippen LogP contribution in [-0.2, 0) is 0 Å². The first-order valence-corrected chi connectivity index (χ1v) is 4.93. The van der Waals surface area contributed by atoms with Crippen LogP contribution in [0.3, 0.4) is 0 Å².